The summed E-state index contributed by atoms with van der Waals surface area (Å²) in [4.78, 5) is 17.7. The molecule has 9 nitrogen and oxygen atoms in total. The fraction of sp³-hybridized carbons (Fsp3) is 0.120. The van der Waals surface area contributed by atoms with Crippen molar-refractivity contribution in [2.24, 2.45) is 0 Å². The van der Waals surface area contributed by atoms with Crippen LogP contribution < -0.4 is 19.8 Å². The normalized spacial score (nSPS) is 11.0. The van der Waals surface area contributed by atoms with Crippen molar-refractivity contribution >= 4 is 22.4 Å². The number of halogens is 1. The molecule has 0 bridgehead atoms. The molecular formula is C25H19ClN4O5. The highest BCUT2D eigenvalue weighted by atomic mass is 35.5. The van der Waals surface area contributed by atoms with E-state index >= 15 is 0 Å². The van der Waals surface area contributed by atoms with Gasteiger partial charge in [0.15, 0.2) is 17.2 Å². The topological polar surface area (TPSA) is 102 Å². The van der Waals surface area contributed by atoms with Crippen molar-refractivity contribution in [1.82, 2.24) is 19.9 Å². The third-order valence-electron chi connectivity index (χ3n) is 5.43. The van der Waals surface area contributed by atoms with Crippen LogP contribution in [0.25, 0.3) is 39.4 Å². The number of hydrogen-bond acceptors (Lipinski definition) is 8. The molecule has 176 valence electrons. The minimum absolute atomic E-state index is 0.146. The summed E-state index contributed by atoms with van der Waals surface area (Å²) >= 11 is 6.02. The van der Waals surface area contributed by atoms with Crippen LogP contribution in [0.5, 0.6) is 17.2 Å². The van der Waals surface area contributed by atoms with Crippen LogP contribution >= 0.6 is 11.6 Å². The number of hydrogen-bond donors (Lipinski definition) is 0. The molecule has 0 aliphatic rings. The van der Waals surface area contributed by atoms with Crippen LogP contribution in [0.1, 0.15) is 0 Å². The summed E-state index contributed by atoms with van der Waals surface area (Å²) in [6.07, 6.45) is 0. The van der Waals surface area contributed by atoms with Gasteiger partial charge < -0.3 is 18.7 Å². The van der Waals surface area contributed by atoms with Gasteiger partial charge in [-0.2, -0.15) is 14.8 Å². The van der Waals surface area contributed by atoms with E-state index in [0.717, 1.165) is 0 Å². The number of aromatic nitrogens is 4. The van der Waals surface area contributed by atoms with Crippen LogP contribution in [-0.2, 0) is 0 Å². The first-order chi connectivity index (χ1) is 17.0. The molecule has 0 fully saturated rings. The smallest absolute Gasteiger partial charge is 0.279 e. The van der Waals surface area contributed by atoms with Crippen LogP contribution in [0, 0.1) is 0 Å². The Morgan fingerprint density at radius 2 is 1.54 bits per heavy atom. The second kappa shape index (κ2) is 9.11. The first kappa shape index (κ1) is 22.4. The molecule has 0 N–H and O–H groups in total. The van der Waals surface area contributed by atoms with Gasteiger partial charge in [-0.1, -0.05) is 35.0 Å². The molecule has 2 heterocycles. The van der Waals surface area contributed by atoms with Crippen molar-refractivity contribution in [3.05, 3.63) is 76.0 Å². The molecule has 5 aromatic rings. The predicted octanol–water partition coefficient (Wildman–Crippen LogP) is 4.78. The standard InChI is InChI=1S/C25H19ClN4O5/c1-32-19-12-14(13-20(33-2)22(19)34-3)23-27-24(35-29-23)21-17-6-4-5-7-18(17)25(31)30(28-21)16-10-8-15(26)9-11-16/h4-13H,1-3H3. The lowest BCUT2D eigenvalue weighted by atomic mass is 10.1. The molecule has 35 heavy (non-hydrogen) atoms. The van der Waals surface area contributed by atoms with Crippen LogP contribution in [-0.4, -0.2) is 41.3 Å². The van der Waals surface area contributed by atoms with E-state index in [0.29, 0.717) is 50.0 Å². The Kier molecular flexibility index (Phi) is 5.84. The van der Waals surface area contributed by atoms with Crippen LogP contribution in [0.4, 0.5) is 0 Å². The van der Waals surface area contributed by atoms with Gasteiger partial charge in [0.1, 0.15) is 0 Å². The van der Waals surface area contributed by atoms with Crippen molar-refractivity contribution < 1.29 is 18.7 Å². The third-order valence-corrected chi connectivity index (χ3v) is 5.68. The number of benzene rings is 3. The first-order valence-electron chi connectivity index (χ1n) is 10.5. The molecule has 0 aliphatic heterocycles. The van der Waals surface area contributed by atoms with E-state index < -0.39 is 0 Å². The van der Waals surface area contributed by atoms with Crippen molar-refractivity contribution in [2.75, 3.05) is 21.3 Å². The zero-order valence-electron chi connectivity index (χ0n) is 19.0. The largest absolute Gasteiger partial charge is 0.493 e. The maximum absolute atomic E-state index is 13.2. The quantitative estimate of drug-likeness (QED) is 0.335. The molecule has 3 aromatic carbocycles. The Morgan fingerprint density at radius 1 is 0.886 bits per heavy atom. The number of methoxy groups -OCH3 is 3. The summed E-state index contributed by atoms with van der Waals surface area (Å²) in [5.41, 5.74) is 1.22. The van der Waals surface area contributed by atoms with Crippen LogP contribution in [0.2, 0.25) is 5.02 Å². The zero-order chi connectivity index (χ0) is 24.5. The maximum atomic E-state index is 13.2. The second-order valence-electron chi connectivity index (χ2n) is 7.42. The molecule has 10 heteroatoms. The van der Waals surface area contributed by atoms with E-state index in [9.17, 15) is 4.79 Å². The highest BCUT2D eigenvalue weighted by molar-refractivity contribution is 6.30. The molecule has 2 aromatic heterocycles. The monoisotopic (exact) mass is 490 g/mol. The van der Waals surface area contributed by atoms with Crippen molar-refractivity contribution in [1.29, 1.82) is 0 Å². The van der Waals surface area contributed by atoms with Crippen molar-refractivity contribution in [3.8, 4) is 45.9 Å². The average Bonchev–Trinajstić information content (AvgIpc) is 3.39. The highest BCUT2D eigenvalue weighted by Crippen LogP contribution is 2.41. The van der Waals surface area contributed by atoms with E-state index in [4.69, 9.17) is 30.3 Å². The Bertz CT molecular complexity index is 1570. The molecule has 0 saturated carbocycles. The SMILES string of the molecule is COc1cc(-c2noc(-c3nn(-c4ccc(Cl)cc4)c(=O)c4ccccc34)n2)cc(OC)c1OC. The van der Waals surface area contributed by atoms with Gasteiger partial charge in [0.2, 0.25) is 11.6 Å². The molecule has 5 rings (SSSR count). The summed E-state index contributed by atoms with van der Waals surface area (Å²) < 4.78 is 23.1. The van der Waals surface area contributed by atoms with E-state index in [-0.39, 0.29) is 17.3 Å². The number of nitrogens with zero attached hydrogens (tertiary/aromatic N) is 4. The second-order valence-corrected chi connectivity index (χ2v) is 7.86. The van der Waals surface area contributed by atoms with E-state index in [1.165, 1.54) is 26.0 Å². The lowest BCUT2D eigenvalue weighted by Crippen LogP contribution is -2.22. The van der Waals surface area contributed by atoms with E-state index in [1.807, 2.05) is 6.07 Å². The van der Waals surface area contributed by atoms with Gasteiger partial charge in [0, 0.05) is 16.0 Å². The molecule has 0 radical (unpaired) electrons. The molecule has 0 unspecified atom stereocenters. The lowest BCUT2D eigenvalue weighted by molar-refractivity contribution is 0.324. The van der Waals surface area contributed by atoms with Gasteiger partial charge in [-0.3, -0.25) is 4.79 Å². The summed E-state index contributed by atoms with van der Waals surface area (Å²) in [6.45, 7) is 0. The Labute approximate surface area is 204 Å². The summed E-state index contributed by atoms with van der Waals surface area (Å²) in [5.74, 6) is 1.79. The predicted molar refractivity (Wildman–Crippen MR) is 131 cm³/mol. The minimum atomic E-state index is -0.281. The summed E-state index contributed by atoms with van der Waals surface area (Å²) in [7, 11) is 4.58. The van der Waals surface area contributed by atoms with E-state index in [2.05, 4.69) is 15.2 Å². The Hall–Kier alpha value is -4.37. The number of ether oxygens (including phenoxy) is 3. The lowest BCUT2D eigenvalue weighted by Gasteiger charge is -2.12. The van der Waals surface area contributed by atoms with E-state index in [1.54, 1.807) is 54.6 Å². The molecule has 0 amide bonds. The van der Waals surface area contributed by atoms with Gasteiger partial charge >= 0.3 is 0 Å². The zero-order valence-corrected chi connectivity index (χ0v) is 19.7. The molecule has 0 aliphatic carbocycles. The van der Waals surface area contributed by atoms with Gasteiger partial charge in [-0.05, 0) is 42.5 Å². The molecule has 0 spiro atoms. The average molecular weight is 491 g/mol. The van der Waals surface area contributed by atoms with Crippen LogP contribution in [0.3, 0.4) is 0 Å². The first-order valence-corrected chi connectivity index (χ1v) is 10.8. The van der Waals surface area contributed by atoms with Crippen LogP contribution in [0.15, 0.2) is 70.0 Å². The summed E-state index contributed by atoms with van der Waals surface area (Å²) in [5, 5.41) is 10.3. The molecule has 0 atom stereocenters. The Balaban J connectivity index is 1.68. The fourth-order valence-corrected chi connectivity index (χ4v) is 3.88. The Morgan fingerprint density at radius 3 is 2.17 bits per heavy atom. The van der Waals surface area contributed by atoms with Gasteiger partial charge in [0.05, 0.1) is 32.4 Å². The number of fused-ring (bicyclic) bond motifs is 1. The maximum Gasteiger partial charge on any atom is 0.279 e. The van der Waals surface area contributed by atoms with Gasteiger partial charge in [0.25, 0.3) is 11.4 Å². The van der Waals surface area contributed by atoms with Crippen molar-refractivity contribution in [2.45, 2.75) is 0 Å². The molecular weight excluding hydrogens is 472 g/mol. The van der Waals surface area contributed by atoms with Crippen molar-refractivity contribution in [3.63, 3.8) is 0 Å². The number of rotatable bonds is 6. The summed E-state index contributed by atoms with van der Waals surface area (Å²) in [6, 6.07) is 17.4. The highest BCUT2D eigenvalue weighted by Gasteiger charge is 2.21. The minimum Gasteiger partial charge on any atom is -0.493 e. The van der Waals surface area contributed by atoms with Gasteiger partial charge in [-0.15, -0.1) is 0 Å². The third kappa shape index (κ3) is 3.95. The molecule has 0 saturated heterocycles. The van der Waals surface area contributed by atoms with Gasteiger partial charge in [-0.25, -0.2) is 0 Å². The fourth-order valence-electron chi connectivity index (χ4n) is 3.75.